The number of methoxy groups -OCH3 is 1. The molecular weight excluding hydrogens is 292 g/mol. The summed E-state index contributed by atoms with van der Waals surface area (Å²) in [5.41, 5.74) is 0.918. The van der Waals surface area contributed by atoms with Crippen LogP contribution >= 0.6 is 11.6 Å². The molecular formula is C15H19ClN2O3. The number of rotatable bonds is 6. The quantitative estimate of drug-likeness (QED) is 0.884. The Kier molecular flexibility index (Phi) is 5.22. The zero-order chi connectivity index (χ0) is 15.4. The first kappa shape index (κ1) is 15.8. The molecule has 1 unspecified atom stereocenters. The van der Waals surface area contributed by atoms with Crippen molar-refractivity contribution < 1.29 is 14.6 Å². The van der Waals surface area contributed by atoms with E-state index in [0.29, 0.717) is 5.02 Å². The summed E-state index contributed by atoms with van der Waals surface area (Å²) in [5.74, 6) is -0.0809. The molecule has 6 heteroatoms. The number of hydrogen-bond donors (Lipinski definition) is 1. The standard InChI is InChI=1S/C15H19ClN2O3/c1-17(8-13(19)10-21-2)15(20)9-18-6-5-11-3-4-12(16)7-14(11)18/h3-7,13,19H,8-10H2,1-2H3. The van der Waals surface area contributed by atoms with Crippen molar-refractivity contribution in [3.8, 4) is 0 Å². The van der Waals surface area contributed by atoms with Crippen LogP contribution in [0.15, 0.2) is 30.5 Å². The Labute approximate surface area is 128 Å². The molecule has 1 atom stereocenters. The average Bonchev–Trinajstić information content (AvgIpc) is 2.81. The molecule has 0 bridgehead atoms. The number of fused-ring (bicyclic) bond motifs is 1. The van der Waals surface area contributed by atoms with Crippen LogP contribution in [0.25, 0.3) is 10.9 Å². The van der Waals surface area contributed by atoms with Gasteiger partial charge in [-0.15, -0.1) is 0 Å². The maximum Gasteiger partial charge on any atom is 0.242 e. The summed E-state index contributed by atoms with van der Waals surface area (Å²) in [4.78, 5) is 13.7. The fraction of sp³-hybridized carbons (Fsp3) is 0.400. The van der Waals surface area contributed by atoms with Crippen LogP contribution < -0.4 is 0 Å². The lowest BCUT2D eigenvalue weighted by Crippen LogP contribution is -2.37. The topological polar surface area (TPSA) is 54.7 Å². The van der Waals surface area contributed by atoms with E-state index in [9.17, 15) is 9.90 Å². The van der Waals surface area contributed by atoms with E-state index in [1.54, 1.807) is 7.05 Å². The predicted molar refractivity (Wildman–Crippen MR) is 82.5 cm³/mol. The average molecular weight is 311 g/mol. The molecule has 0 saturated heterocycles. The second-order valence-corrected chi connectivity index (χ2v) is 5.47. The number of aliphatic hydroxyl groups excluding tert-OH is 1. The van der Waals surface area contributed by atoms with Crippen molar-refractivity contribution in [1.29, 1.82) is 0 Å². The lowest BCUT2D eigenvalue weighted by molar-refractivity contribution is -0.132. The third-order valence-electron chi connectivity index (χ3n) is 3.31. The van der Waals surface area contributed by atoms with E-state index in [2.05, 4.69) is 0 Å². The van der Waals surface area contributed by atoms with E-state index in [1.807, 2.05) is 35.0 Å². The molecule has 0 aliphatic carbocycles. The van der Waals surface area contributed by atoms with Crippen molar-refractivity contribution in [2.75, 3.05) is 27.3 Å². The van der Waals surface area contributed by atoms with E-state index >= 15 is 0 Å². The van der Waals surface area contributed by atoms with Gasteiger partial charge in [0.25, 0.3) is 0 Å². The van der Waals surface area contributed by atoms with Crippen LogP contribution in [0.1, 0.15) is 0 Å². The molecule has 0 spiro atoms. The van der Waals surface area contributed by atoms with Crippen LogP contribution in [0.2, 0.25) is 5.02 Å². The number of carbonyl (C=O) groups excluding carboxylic acids is 1. The molecule has 0 fully saturated rings. The smallest absolute Gasteiger partial charge is 0.242 e. The Hall–Kier alpha value is -1.56. The van der Waals surface area contributed by atoms with Crippen molar-refractivity contribution in [1.82, 2.24) is 9.47 Å². The van der Waals surface area contributed by atoms with Gasteiger partial charge in [0.1, 0.15) is 6.54 Å². The molecule has 1 aromatic carbocycles. The highest BCUT2D eigenvalue weighted by molar-refractivity contribution is 6.31. The molecule has 2 rings (SSSR count). The lowest BCUT2D eigenvalue weighted by Gasteiger charge is -2.21. The number of aliphatic hydroxyl groups is 1. The molecule has 0 saturated carbocycles. The maximum absolute atomic E-state index is 12.2. The predicted octanol–water partition coefficient (Wildman–Crippen LogP) is 1.76. The van der Waals surface area contributed by atoms with Gasteiger partial charge < -0.3 is 19.3 Å². The molecule has 1 N–H and O–H groups in total. The van der Waals surface area contributed by atoms with Crippen LogP contribution in [-0.4, -0.2) is 53.9 Å². The van der Waals surface area contributed by atoms with Crippen LogP contribution in [0.4, 0.5) is 0 Å². The first-order valence-electron chi connectivity index (χ1n) is 6.66. The number of hydrogen-bond acceptors (Lipinski definition) is 3. The number of nitrogens with zero attached hydrogens (tertiary/aromatic N) is 2. The largest absolute Gasteiger partial charge is 0.389 e. The molecule has 1 amide bonds. The number of carbonyl (C=O) groups is 1. The van der Waals surface area contributed by atoms with Gasteiger partial charge in [-0.2, -0.15) is 0 Å². The van der Waals surface area contributed by atoms with E-state index in [1.165, 1.54) is 12.0 Å². The summed E-state index contributed by atoms with van der Waals surface area (Å²) >= 11 is 5.99. The molecule has 2 aromatic rings. The number of benzene rings is 1. The van der Waals surface area contributed by atoms with Crippen molar-refractivity contribution in [3.63, 3.8) is 0 Å². The second-order valence-electron chi connectivity index (χ2n) is 5.03. The third kappa shape index (κ3) is 3.97. The number of ether oxygens (including phenoxy) is 1. The highest BCUT2D eigenvalue weighted by atomic mass is 35.5. The van der Waals surface area contributed by atoms with Gasteiger partial charge in [-0.1, -0.05) is 17.7 Å². The Balaban J connectivity index is 2.05. The van der Waals surface area contributed by atoms with Crippen molar-refractivity contribution >= 4 is 28.4 Å². The molecule has 1 aromatic heterocycles. The highest BCUT2D eigenvalue weighted by Crippen LogP contribution is 2.20. The fourth-order valence-electron chi connectivity index (χ4n) is 2.22. The van der Waals surface area contributed by atoms with Gasteiger partial charge in [-0.3, -0.25) is 4.79 Å². The number of likely N-dealkylation sites (N-methyl/N-ethyl adjacent to an activating group) is 1. The van der Waals surface area contributed by atoms with Crippen LogP contribution in [0.5, 0.6) is 0 Å². The Morgan fingerprint density at radius 2 is 2.24 bits per heavy atom. The molecule has 21 heavy (non-hydrogen) atoms. The molecule has 0 aliphatic rings. The van der Waals surface area contributed by atoms with E-state index in [4.69, 9.17) is 16.3 Å². The van der Waals surface area contributed by atoms with Crippen LogP contribution in [-0.2, 0) is 16.1 Å². The maximum atomic E-state index is 12.2. The summed E-state index contributed by atoms with van der Waals surface area (Å²) in [6.45, 7) is 0.659. The van der Waals surface area contributed by atoms with Gasteiger partial charge in [-0.05, 0) is 23.6 Å². The Bertz CT molecular complexity index is 626. The molecule has 5 nitrogen and oxygen atoms in total. The van der Waals surface area contributed by atoms with Gasteiger partial charge in [0.05, 0.1) is 12.7 Å². The molecule has 1 heterocycles. The van der Waals surface area contributed by atoms with Gasteiger partial charge in [0, 0.05) is 37.4 Å². The summed E-state index contributed by atoms with van der Waals surface area (Å²) in [7, 11) is 3.18. The molecule has 0 radical (unpaired) electrons. The highest BCUT2D eigenvalue weighted by Gasteiger charge is 2.15. The van der Waals surface area contributed by atoms with E-state index in [0.717, 1.165) is 10.9 Å². The summed E-state index contributed by atoms with van der Waals surface area (Å²) in [5, 5.41) is 11.3. The lowest BCUT2D eigenvalue weighted by atomic mass is 10.2. The van der Waals surface area contributed by atoms with Gasteiger partial charge in [0.2, 0.25) is 5.91 Å². The zero-order valence-electron chi connectivity index (χ0n) is 12.1. The normalized spacial score (nSPS) is 12.6. The Morgan fingerprint density at radius 1 is 1.48 bits per heavy atom. The van der Waals surface area contributed by atoms with Crippen molar-refractivity contribution in [2.24, 2.45) is 0 Å². The number of amides is 1. The van der Waals surface area contributed by atoms with Gasteiger partial charge >= 0.3 is 0 Å². The van der Waals surface area contributed by atoms with Gasteiger partial charge in [-0.25, -0.2) is 0 Å². The minimum absolute atomic E-state index is 0.0809. The van der Waals surface area contributed by atoms with E-state index < -0.39 is 6.10 Å². The molecule has 0 aliphatic heterocycles. The van der Waals surface area contributed by atoms with E-state index in [-0.39, 0.29) is 25.6 Å². The third-order valence-corrected chi connectivity index (χ3v) is 3.55. The first-order valence-corrected chi connectivity index (χ1v) is 7.04. The van der Waals surface area contributed by atoms with Crippen LogP contribution in [0.3, 0.4) is 0 Å². The van der Waals surface area contributed by atoms with Gasteiger partial charge in [0.15, 0.2) is 0 Å². The minimum atomic E-state index is -0.681. The summed E-state index contributed by atoms with van der Waals surface area (Å²) in [6, 6.07) is 7.52. The first-order chi connectivity index (χ1) is 10.0. The minimum Gasteiger partial charge on any atom is -0.389 e. The monoisotopic (exact) mass is 310 g/mol. The zero-order valence-corrected chi connectivity index (χ0v) is 12.9. The fourth-order valence-corrected chi connectivity index (χ4v) is 2.39. The molecule has 114 valence electrons. The van der Waals surface area contributed by atoms with Crippen molar-refractivity contribution in [2.45, 2.75) is 12.6 Å². The van der Waals surface area contributed by atoms with Crippen molar-refractivity contribution in [3.05, 3.63) is 35.5 Å². The second kappa shape index (κ2) is 6.93. The number of halogens is 1. The number of aromatic nitrogens is 1. The summed E-state index contributed by atoms with van der Waals surface area (Å²) < 4.78 is 6.70. The Morgan fingerprint density at radius 3 is 2.95 bits per heavy atom. The SMILES string of the molecule is COCC(O)CN(C)C(=O)Cn1ccc2ccc(Cl)cc21. The van der Waals surface area contributed by atoms with Crippen LogP contribution in [0, 0.1) is 0 Å². The summed E-state index contributed by atoms with van der Waals surface area (Å²) in [6.07, 6.45) is 1.18.